The molecule has 1 N–H and O–H groups in total. The zero-order valence-corrected chi connectivity index (χ0v) is 24.1. The Morgan fingerprint density at radius 3 is 2.67 bits per heavy atom. The number of aryl methyl sites for hydroxylation is 1. The van der Waals surface area contributed by atoms with Crippen LogP contribution in [0, 0.1) is 0 Å². The van der Waals surface area contributed by atoms with Crippen molar-refractivity contribution in [3.8, 4) is 0 Å². The molecular weight excluding hydrogens is 526 g/mol. The Morgan fingerprint density at radius 1 is 1.15 bits per heavy atom. The lowest BCUT2D eigenvalue weighted by Crippen LogP contribution is -2.47. The van der Waals surface area contributed by atoms with Gasteiger partial charge in [0.15, 0.2) is 0 Å². The quantitative estimate of drug-likeness (QED) is 0.441. The van der Waals surface area contributed by atoms with Crippen molar-refractivity contribution in [2.45, 2.75) is 50.7 Å². The van der Waals surface area contributed by atoms with E-state index in [0.29, 0.717) is 5.02 Å². The molecule has 3 heterocycles. The van der Waals surface area contributed by atoms with E-state index in [1.54, 1.807) is 13.4 Å². The molecule has 1 aliphatic heterocycles. The Hall–Kier alpha value is -3.20. The summed E-state index contributed by atoms with van der Waals surface area (Å²) in [5.41, 5.74) is 6.51. The monoisotopic (exact) mass is 563 g/mol. The van der Waals surface area contributed by atoms with Gasteiger partial charge in [0, 0.05) is 58.0 Å². The molecule has 0 radical (unpaired) electrons. The molecule has 40 heavy (non-hydrogen) atoms. The summed E-state index contributed by atoms with van der Waals surface area (Å²) in [7, 11) is 3.69. The largest absolute Gasteiger partial charge is 0.446 e. The number of carbonyl (C=O) groups is 1. The highest BCUT2D eigenvalue weighted by Gasteiger charge is 2.26. The van der Waals surface area contributed by atoms with Gasteiger partial charge in [-0.15, -0.1) is 0 Å². The number of rotatable bonds is 4. The average molecular weight is 564 g/mol. The molecule has 2 aromatic heterocycles. The molecule has 1 amide bonds. The van der Waals surface area contributed by atoms with Gasteiger partial charge < -0.3 is 24.3 Å². The molecule has 8 nitrogen and oxygen atoms in total. The van der Waals surface area contributed by atoms with Crippen LogP contribution in [0.15, 0.2) is 49.1 Å². The second-order valence-corrected chi connectivity index (χ2v) is 11.0. The average Bonchev–Trinajstić information content (AvgIpc) is 3.33. The van der Waals surface area contributed by atoms with Crippen molar-refractivity contribution in [3.63, 3.8) is 0 Å². The first kappa shape index (κ1) is 28.3. The van der Waals surface area contributed by atoms with Crippen molar-refractivity contribution in [2.24, 2.45) is 7.05 Å². The molecular formula is C31H38ClN5O3. The number of imidazole rings is 1. The molecule has 1 unspecified atom stereocenters. The summed E-state index contributed by atoms with van der Waals surface area (Å²) < 4.78 is 13.4. The predicted octanol–water partition coefficient (Wildman–Crippen LogP) is 5.66. The van der Waals surface area contributed by atoms with Crippen LogP contribution in [-0.2, 0) is 22.9 Å². The van der Waals surface area contributed by atoms with Crippen LogP contribution in [-0.4, -0.2) is 64.9 Å². The van der Waals surface area contributed by atoms with Crippen molar-refractivity contribution < 1.29 is 14.3 Å². The van der Waals surface area contributed by atoms with Crippen molar-refractivity contribution in [1.82, 2.24) is 24.8 Å². The van der Waals surface area contributed by atoms with E-state index in [2.05, 4.69) is 33.5 Å². The second kappa shape index (κ2) is 13.4. The number of nitrogens with one attached hydrogen (secondary N) is 1. The van der Waals surface area contributed by atoms with Gasteiger partial charge in [0.2, 0.25) is 0 Å². The van der Waals surface area contributed by atoms with Gasteiger partial charge in [-0.25, -0.2) is 9.78 Å². The van der Waals surface area contributed by atoms with Crippen molar-refractivity contribution in [2.75, 3.05) is 33.3 Å². The van der Waals surface area contributed by atoms with Crippen LogP contribution in [0.1, 0.15) is 66.3 Å². The molecule has 6 rings (SSSR count). The van der Waals surface area contributed by atoms with Crippen LogP contribution >= 0.6 is 11.6 Å². The third-order valence-corrected chi connectivity index (χ3v) is 8.05. The van der Waals surface area contributed by atoms with E-state index in [9.17, 15) is 4.79 Å². The minimum Gasteiger partial charge on any atom is -0.446 e. The summed E-state index contributed by atoms with van der Waals surface area (Å²) in [5, 5.41) is 3.94. The summed E-state index contributed by atoms with van der Waals surface area (Å²) in [6.45, 7) is 3.34. The Balaban J connectivity index is 0.000000184. The van der Waals surface area contributed by atoms with Gasteiger partial charge in [-0.05, 0) is 72.2 Å². The third kappa shape index (κ3) is 6.74. The molecule has 2 fully saturated rings. The highest BCUT2D eigenvalue weighted by atomic mass is 35.5. The van der Waals surface area contributed by atoms with Gasteiger partial charge in [-0.1, -0.05) is 30.2 Å². The summed E-state index contributed by atoms with van der Waals surface area (Å²) in [5.74, 6) is 0. The zero-order valence-electron chi connectivity index (χ0n) is 23.3. The number of fused-ring (bicyclic) bond motifs is 2. The van der Waals surface area contributed by atoms with Crippen molar-refractivity contribution >= 4 is 29.3 Å². The number of hydrogen-bond donors (Lipinski definition) is 1. The molecule has 1 aromatic carbocycles. The Bertz CT molecular complexity index is 1330. The lowest BCUT2D eigenvalue weighted by molar-refractivity contribution is 0.0433. The van der Waals surface area contributed by atoms with Gasteiger partial charge >= 0.3 is 6.09 Å². The molecule has 1 atom stereocenters. The summed E-state index contributed by atoms with van der Waals surface area (Å²) >= 11 is 6.31. The first-order valence-electron chi connectivity index (χ1n) is 14.1. The number of pyridine rings is 1. The number of piperazine rings is 1. The van der Waals surface area contributed by atoms with E-state index in [1.165, 1.54) is 24.8 Å². The molecule has 3 aromatic rings. The molecule has 212 valence electrons. The van der Waals surface area contributed by atoms with E-state index in [4.69, 9.17) is 21.1 Å². The number of aromatic nitrogens is 3. The number of benzene rings is 1. The van der Waals surface area contributed by atoms with E-state index in [-0.39, 0.29) is 18.3 Å². The van der Waals surface area contributed by atoms with Gasteiger partial charge in [-0.2, -0.15) is 0 Å². The number of hydrogen-bond acceptors (Lipinski definition) is 6. The topological polar surface area (TPSA) is 81.5 Å². The Kier molecular flexibility index (Phi) is 9.52. The van der Waals surface area contributed by atoms with Gasteiger partial charge in [0.05, 0.1) is 23.9 Å². The molecule has 3 aliphatic rings. The lowest BCUT2D eigenvalue weighted by atomic mass is 9.93. The fourth-order valence-corrected chi connectivity index (χ4v) is 5.79. The van der Waals surface area contributed by atoms with Crippen LogP contribution in [0.4, 0.5) is 4.79 Å². The third-order valence-electron chi connectivity index (χ3n) is 7.81. The van der Waals surface area contributed by atoms with Gasteiger partial charge in [0.1, 0.15) is 12.2 Å². The normalized spacial score (nSPS) is 17.9. The van der Waals surface area contributed by atoms with E-state index < -0.39 is 0 Å². The zero-order chi connectivity index (χ0) is 27.9. The maximum Gasteiger partial charge on any atom is 0.410 e. The molecule has 0 bridgehead atoms. The van der Waals surface area contributed by atoms with E-state index >= 15 is 0 Å². The number of halogens is 1. The van der Waals surface area contributed by atoms with E-state index in [1.807, 2.05) is 47.1 Å². The van der Waals surface area contributed by atoms with Gasteiger partial charge in [0.25, 0.3) is 0 Å². The van der Waals surface area contributed by atoms with Crippen molar-refractivity contribution in [3.05, 3.63) is 82.2 Å². The molecule has 1 saturated carbocycles. The molecule has 1 saturated heterocycles. The summed E-state index contributed by atoms with van der Waals surface area (Å²) in [6, 6.07) is 10.1. The molecule has 0 spiro atoms. The highest BCUT2D eigenvalue weighted by Crippen LogP contribution is 2.39. The summed E-state index contributed by atoms with van der Waals surface area (Å²) in [4.78, 5) is 22.4. The predicted molar refractivity (Wildman–Crippen MR) is 157 cm³/mol. The highest BCUT2D eigenvalue weighted by molar-refractivity contribution is 6.30. The fourth-order valence-electron chi connectivity index (χ4n) is 5.62. The van der Waals surface area contributed by atoms with Crippen LogP contribution in [0.5, 0.6) is 0 Å². The van der Waals surface area contributed by atoms with Crippen LogP contribution in [0.2, 0.25) is 5.02 Å². The number of methoxy groups -OCH3 is 1. The van der Waals surface area contributed by atoms with E-state index in [0.717, 1.165) is 73.5 Å². The number of nitrogens with zero attached hydrogens (tertiary/aromatic N) is 4. The maximum absolute atomic E-state index is 11.7. The number of carbonyl (C=O) groups excluding carboxylic acids is 1. The Labute approximate surface area is 241 Å². The first-order valence-corrected chi connectivity index (χ1v) is 14.5. The minimum atomic E-state index is -0.240. The van der Waals surface area contributed by atoms with Crippen LogP contribution < -0.4 is 5.32 Å². The first-order chi connectivity index (χ1) is 19.5. The SMILES string of the molecule is COC(C1=Cc2cccnc2Cc2ccc(Cl)cc21)c1cncn1C.O=C(OC1CCCCC1)N1CCNCC1. The second-order valence-electron chi connectivity index (χ2n) is 10.5. The van der Waals surface area contributed by atoms with Gasteiger partial charge in [-0.3, -0.25) is 4.98 Å². The minimum absolute atomic E-state index is 0.108. The molecule has 2 aliphatic carbocycles. The number of ether oxygens (including phenoxy) is 2. The van der Waals surface area contributed by atoms with Crippen LogP contribution in [0.3, 0.4) is 0 Å². The van der Waals surface area contributed by atoms with Crippen molar-refractivity contribution in [1.29, 1.82) is 0 Å². The Morgan fingerprint density at radius 2 is 1.95 bits per heavy atom. The number of amides is 1. The fraction of sp³-hybridized carbons (Fsp3) is 0.452. The maximum atomic E-state index is 11.7. The van der Waals surface area contributed by atoms with Crippen LogP contribution in [0.25, 0.3) is 11.6 Å². The molecule has 9 heteroatoms. The summed E-state index contributed by atoms with van der Waals surface area (Å²) in [6.07, 6.45) is 14.0. The smallest absolute Gasteiger partial charge is 0.410 e. The standard InChI is InChI=1S/C20H18ClN3O.C11H20N2O2/c1-24-12-22-11-19(24)20(25-2)17-8-14-4-3-7-23-18(14)9-13-5-6-15(21)10-16(13)17;14-11(13-8-6-12-7-9-13)15-10-4-2-1-3-5-10/h3-8,10-12,20H,9H2,1-2H3;10,12H,1-9H2. The lowest BCUT2D eigenvalue weighted by Gasteiger charge is -2.29.